The van der Waals surface area contributed by atoms with Crippen molar-refractivity contribution in [3.63, 3.8) is 0 Å². The van der Waals surface area contributed by atoms with Crippen LogP contribution >= 0.6 is 34.4 Å². The van der Waals surface area contributed by atoms with Crippen LogP contribution in [0.25, 0.3) is 10.8 Å². The molecule has 1 aromatic heterocycles. The van der Waals surface area contributed by atoms with Crippen LogP contribution in [0.1, 0.15) is 22.5 Å². The maximum atomic E-state index is 12.7. The maximum Gasteiger partial charge on any atom is 0.234 e. The minimum atomic E-state index is -0.0832. The molecule has 0 saturated heterocycles. The Bertz CT molecular complexity index is 1380. The van der Waals surface area contributed by atoms with Crippen LogP contribution in [0, 0.1) is 24.3 Å². The van der Waals surface area contributed by atoms with E-state index in [9.17, 15) is 4.79 Å². The highest BCUT2D eigenvalue weighted by Crippen LogP contribution is 2.28. The first-order valence-electron chi connectivity index (χ1n) is 11.2. The van der Waals surface area contributed by atoms with Crippen molar-refractivity contribution in [3.8, 4) is 5.75 Å². The molecule has 0 bridgehead atoms. The van der Waals surface area contributed by atoms with E-state index in [1.54, 1.807) is 6.08 Å². The van der Waals surface area contributed by atoms with E-state index in [0.717, 1.165) is 31.7 Å². The lowest BCUT2D eigenvalue weighted by Crippen LogP contribution is -2.16. The van der Waals surface area contributed by atoms with Gasteiger partial charge in [-0.1, -0.05) is 48.2 Å². The average molecular weight is 599 g/mol. The van der Waals surface area contributed by atoms with Gasteiger partial charge in [-0.3, -0.25) is 9.36 Å². The van der Waals surface area contributed by atoms with E-state index in [2.05, 4.69) is 81.9 Å². The fraction of sp³-hybridized carbons (Fsp3) is 0.222. The summed E-state index contributed by atoms with van der Waals surface area (Å²) in [6, 6.07) is 16.4. The summed E-state index contributed by atoms with van der Waals surface area (Å²) in [5, 5.41) is 14.7. The molecule has 8 heteroatoms. The Labute approximate surface area is 223 Å². The van der Waals surface area contributed by atoms with E-state index in [-0.39, 0.29) is 18.3 Å². The molecule has 0 radical (unpaired) electrons. The minimum absolute atomic E-state index is 0.0832. The van der Waals surface area contributed by atoms with Crippen LogP contribution in [0.3, 0.4) is 0 Å². The van der Waals surface area contributed by atoms with Crippen LogP contribution in [0.2, 0.25) is 0 Å². The number of anilines is 1. The first kappa shape index (κ1) is 25.2. The van der Waals surface area contributed by atoms with Gasteiger partial charge in [0.25, 0.3) is 0 Å². The SMILES string of the molecule is C=CCn1c(COc2ccc3ccccc3c2C)nnc1SCC(=O)Nc1c(C)cc(I)cc1C. The molecule has 0 aliphatic carbocycles. The molecule has 0 aliphatic rings. The highest BCUT2D eigenvalue weighted by molar-refractivity contribution is 14.1. The van der Waals surface area contributed by atoms with Gasteiger partial charge in [-0.2, -0.15) is 0 Å². The number of carbonyl (C=O) groups is 1. The Hall–Kier alpha value is -2.85. The van der Waals surface area contributed by atoms with Gasteiger partial charge in [-0.25, -0.2) is 0 Å². The Morgan fingerprint density at radius 1 is 1.14 bits per heavy atom. The second-order valence-electron chi connectivity index (χ2n) is 8.25. The van der Waals surface area contributed by atoms with Crippen molar-refractivity contribution in [3.05, 3.63) is 87.3 Å². The smallest absolute Gasteiger partial charge is 0.234 e. The Morgan fingerprint density at radius 3 is 2.63 bits per heavy atom. The van der Waals surface area contributed by atoms with Gasteiger partial charge in [-0.15, -0.1) is 16.8 Å². The fourth-order valence-electron chi connectivity index (χ4n) is 3.96. The number of fused-ring (bicyclic) bond motifs is 1. The molecule has 0 spiro atoms. The number of ether oxygens (including phenoxy) is 1. The number of halogens is 1. The summed E-state index contributed by atoms with van der Waals surface area (Å²) < 4.78 is 9.21. The summed E-state index contributed by atoms with van der Waals surface area (Å²) in [4.78, 5) is 12.7. The number of hydrogen-bond donors (Lipinski definition) is 1. The highest BCUT2D eigenvalue weighted by Gasteiger charge is 2.16. The van der Waals surface area contributed by atoms with E-state index in [0.29, 0.717) is 17.5 Å². The molecule has 0 unspecified atom stereocenters. The molecule has 1 amide bonds. The number of nitrogens with one attached hydrogen (secondary N) is 1. The molecule has 180 valence electrons. The normalized spacial score (nSPS) is 11.0. The van der Waals surface area contributed by atoms with Crippen molar-refractivity contribution in [1.29, 1.82) is 0 Å². The lowest BCUT2D eigenvalue weighted by molar-refractivity contribution is -0.113. The van der Waals surface area contributed by atoms with Crippen LogP contribution in [0.5, 0.6) is 5.75 Å². The van der Waals surface area contributed by atoms with Crippen LogP contribution in [0.4, 0.5) is 5.69 Å². The zero-order chi connectivity index (χ0) is 24.9. The van der Waals surface area contributed by atoms with Crippen LogP contribution < -0.4 is 10.1 Å². The first-order valence-corrected chi connectivity index (χ1v) is 13.3. The number of aryl methyl sites for hydroxylation is 3. The molecule has 0 atom stereocenters. The monoisotopic (exact) mass is 598 g/mol. The van der Waals surface area contributed by atoms with Crippen LogP contribution in [0.15, 0.2) is 66.3 Å². The van der Waals surface area contributed by atoms with Crippen molar-refractivity contribution < 1.29 is 9.53 Å². The molecule has 0 saturated carbocycles. The van der Waals surface area contributed by atoms with Crippen molar-refractivity contribution >= 4 is 56.7 Å². The van der Waals surface area contributed by atoms with Gasteiger partial charge < -0.3 is 10.1 Å². The summed E-state index contributed by atoms with van der Waals surface area (Å²) in [6.07, 6.45) is 1.79. The number of amides is 1. The Morgan fingerprint density at radius 2 is 1.89 bits per heavy atom. The fourth-order valence-corrected chi connectivity index (χ4v) is 5.67. The maximum absolute atomic E-state index is 12.7. The summed E-state index contributed by atoms with van der Waals surface area (Å²) in [5.74, 6) is 1.64. The number of rotatable bonds is 9. The Balaban J connectivity index is 1.44. The number of thioether (sulfide) groups is 1. The number of benzene rings is 3. The van der Waals surface area contributed by atoms with E-state index in [1.807, 2.05) is 36.6 Å². The summed E-state index contributed by atoms with van der Waals surface area (Å²) in [6.45, 7) is 10.7. The molecule has 4 rings (SSSR count). The molecule has 0 aliphatic heterocycles. The topological polar surface area (TPSA) is 69.0 Å². The van der Waals surface area contributed by atoms with Gasteiger partial charge in [0.15, 0.2) is 11.0 Å². The van der Waals surface area contributed by atoms with E-state index in [4.69, 9.17) is 4.74 Å². The molecule has 3 aromatic carbocycles. The second kappa shape index (κ2) is 11.3. The molecule has 35 heavy (non-hydrogen) atoms. The number of aromatic nitrogens is 3. The van der Waals surface area contributed by atoms with Gasteiger partial charge in [0.2, 0.25) is 5.91 Å². The van der Waals surface area contributed by atoms with Crippen LogP contribution in [-0.4, -0.2) is 26.4 Å². The first-order chi connectivity index (χ1) is 16.9. The third-order valence-corrected chi connectivity index (χ3v) is 7.29. The standard InChI is InChI=1S/C27H27IN4O2S/c1-5-12-32-24(15-34-23-11-10-20-8-6-7-9-22(20)19(23)4)30-31-27(32)35-16-25(33)29-26-17(2)13-21(28)14-18(26)3/h5-11,13-14H,1,12,15-16H2,2-4H3,(H,29,33). The lowest BCUT2D eigenvalue weighted by atomic mass is 10.0. The molecular weight excluding hydrogens is 571 g/mol. The zero-order valence-corrected chi connectivity index (χ0v) is 22.9. The van der Waals surface area contributed by atoms with Gasteiger partial charge in [0.05, 0.1) is 5.75 Å². The summed E-state index contributed by atoms with van der Waals surface area (Å²) >= 11 is 3.63. The van der Waals surface area contributed by atoms with Gasteiger partial charge in [-0.05, 0) is 89.0 Å². The van der Waals surface area contributed by atoms with Crippen molar-refractivity contribution in [2.24, 2.45) is 0 Å². The molecule has 6 nitrogen and oxygen atoms in total. The molecule has 0 fully saturated rings. The lowest BCUT2D eigenvalue weighted by Gasteiger charge is -2.13. The van der Waals surface area contributed by atoms with Gasteiger partial charge in [0, 0.05) is 15.8 Å². The summed E-state index contributed by atoms with van der Waals surface area (Å²) in [7, 11) is 0. The third-order valence-electron chi connectivity index (χ3n) is 5.70. The minimum Gasteiger partial charge on any atom is -0.485 e. The quantitative estimate of drug-likeness (QED) is 0.136. The van der Waals surface area contributed by atoms with E-state index < -0.39 is 0 Å². The number of hydrogen-bond acceptors (Lipinski definition) is 5. The van der Waals surface area contributed by atoms with Gasteiger partial charge in [0.1, 0.15) is 12.4 Å². The second-order valence-corrected chi connectivity index (χ2v) is 10.4. The molecular formula is C27H27IN4O2S. The van der Waals surface area contributed by atoms with E-state index in [1.165, 1.54) is 22.5 Å². The zero-order valence-electron chi connectivity index (χ0n) is 20.0. The Kier molecular flexibility index (Phi) is 8.12. The third kappa shape index (κ3) is 5.87. The number of allylic oxidation sites excluding steroid dienone is 1. The van der Waals surface area contributed by atoms with E-state index >= 15 is 0 Å². The summed E-state index contributed by atoms with van der Waals surface area (Å²) in [5.41, 5.74) is 4.05. The predicted molar refractivity (Wildman–Crippen MR) is 151 cm³/mol. The molecule has 1 heterocycles. The van der Waals surface area contributed by atoms with Crippen molar-refractivity contribution in [2.75, 3.05) is 11.1 Å². The number of carbonyl (C=O) groups excluding carboxylic acids is 1. The predicted octanol–water partition coefficient (Wildman–Crippen LogP) is 6.46. The largest absolute Gasteiger partial charge is 0.485 e. The molecule has 1 N–H and O–H groups in total. The molecule has 4 aromatic rings. The number of nitrogens with zero attached hydrogens (tertiary/aromatic N) is 3. The highest BCUT2D eigenvalue weighted by atomic mass is 127. The average Bonchev–Trinajstić information content (AvgIpc) is 3.21. The van der Waals surface area contributed by atoms with Crippen LogP contribution in [-0.2, 0) is 17.9 Å². The van der Waals surface area contributed by atoms with Crippen molar-refractivity contribution in [1.82, 2.24) is 14.8 Å². The van der Waals surface area contributed by atoms with Crippen molar-refractivity contribution in [2.45, 2.75) is 39.1 Å². The van der Waals surface area contributed by atoms with Gasteiger partial charge >= 0.3 is 0 Å².